The molecule has 0 radical (unpaired) electrons. The van der Waals surface area contributed by atoms with E-state index in [0.717, 1.165) is 6.42 Å². The first-order chi connectivity index (χ1) is 7.68. The number of phenolic OH excluding ortho intramolecular Hbond substituents is 2. The summed E-state index contributed by atoms with van der Waals surface area (Å²) in [6.07, 6.45) is 4.84. The molecule has 0 atom stereocenters. The molecule has 4 heteroatoms. The van der Waals surface area contributed by atoms with Gasteiger partial charge in [0.15, 0.2) is 11.5 Å². The molecule has 1 amide bonds. The third kappa shape index (κ3) is 2.00. The molecule has 0 fully saturated rings. The van der Waals surface area contributed by atoms with Crippen molar-refractivity contribution in [3.05, 3.63) is 35.9 Å². The van der Waals surface area contributed by atoms with Crippen molar-refractivity contribution in [2.75, 3.05) is 13.1 Å². The van der Waals surface area contributed by atoms with Crippen molar-refractivity contribution in [1.29, 1.82) is 0 Å². The van der Waals surface area contributed by atoms with Crippen LogP contribution >= 0.6 is 0 Å². The van der Waals surface area contributed by atoms with Crippen molar-refractivity contribution in [2.24, 2.45) is 0 Å². The standard InChI is InChI=1S/C12H13NO3/c14-10-5-4-9(8-11(10)15)12(16)13-6-2-1-3-7-13/h1-2,4-5,8,14-15H,3,6-7H2. The number of phenols is 2. The number of nitrogens with zero attached hydrogens (tertiary/aromatic N) is 1. The van der Waals surface area contributed by atoms with Crippen LogP contribution < -0.4 is 0 Å². The third-order valence-corrected chi connectivity index (χ3v) is 2.57. The van der Waals surface area contributed by atoms with Crippen molar-refractivity contribution in [1.82, 2.24) is 4.90 Å². The Kier molecular flexibility index (Phi) is 2.81. The Balaban J connectivity index is 2.20. The molecule has 0 aromatic heterocycles. The van der Waals surface area contributed by atoms with Gasteiger partial charge < -0.3 is 15.1 Å². The Labute approximate surface area is 93.4 Å². The molecule has 4 nitrogen and oxygen atoms in total. The van der Waals surface area contributed by atoms with Crippen LogP contribution in [0.25, 0.3) is 0 Å². The molecule has 84 valence electrons. The van der Waals surface area contributed by atoms with E-state index in [-0.39, 0.29) is 17.4 Å². The van der Waals surface area contributed by atoms with Gasteiger partial charge >= 0.3 is 0 Å². The lowest BCUT2D eigenvalue weighted by Gasteiger charge is -2.23. The normalized spacial score (nSPS) is 15.1. The van der Waals surface area contributed by atoms with Crippen molar-refractivity contribution >= 4 is 5.91 Å². The highest BCUT2D eigenvalue weighted by atomic mass is 16.3. The molecular formula is C12H13NO3. The first kappa shape index (κ1) is 10.5. The Morgan fingerprint density at radius 3 is 2.62 bits per heavy atom. The summed E-state index contributed by atoms with van der Waals surface area (Å²) < 4.78 is 0. The number of benzene rings is 1. The van der Waals surface area contributed by atoms with Crippen LogP contribution in [0, 0.1) is 0 Å². The maximum absolute atomic E-state index is 12.0. The van der Waals surface area contributed by atoms with E-state index in [9.17, 15) is 9.90 Å². The van der Waals surface area contributed by atoms with Gasteiger partial charge in [-0.1, -0.05) is 12.2 Å². The minimum atomic E-state index is -0.265. The van der Waals surface area contributed by atoms with Crippen LogP contribution in [0.5, 0.6) is 11.5 Å². The highest BCUT2D eigenvalue weighted by Gasteiger charge is 2.16. The molecule has 0 saturated heterocycles. The number of aromatic hydroxyl groups is 2. The number of carbonyl (C=O) groups is 1. The molecule has 0 saturated carbocycles. The van der Waals surface area contributed by atoms with E-state index in [0.29, 0.717) is 18.7 Å². The minimum Gasteiger partial charge on any atom is -0.504 e. The number of rotatable bonds is 1. The lowest BCUT2D eigenvalue weighted by Crippen LogP contribution is -2.33. The molecule has 16 heavy (non-hydrogen) atoms. The molecule has 1 heterocycles. The molecule has 0 spiro atoms. The average Bonchev–Trinajstić information content (AvgIpc) is 2.33. The summed E-state index contributed by atoms with van der Waals surface area (Å²) in [5.41, 5.74) is 0.394. The lowest BCUT2D eigenvalue weighted by atomic mass is 10.1. The highest BCUT2D eigenvalue weighted by molar-refractivity contribution is 5.95. The zero-order chi connectivity index (χ0) is 11.5. The Morgan fingerprint density at radius 1 is 1.19 bits per heavy atom. The van der Waals surface area contributed by atoms with Gasteiger partial charge in [0.2, 0.25) is 0 Å². The molecule has 2 N–H and O–H groups in total. The van der Waals surface area contributed by atoms with E-state index in [4.69, 9.17) is 5.11 Å². The summed E-state index contributed by atoms with van der Waals surface area (Å²) in [7, 11) is 0. The van der Waals surface area contributed by atoms with Crippen LogP contribution in [-0.2, 0) is 0 Å². The monoisotopic (exact) mass is 219 g/mol. The van der Waals surface area contributed by atoms with Gasteiger partial charge in [-0.2, -0.15) is 0 Å². The first-order valence-corrected chi connectivity index (χ1v) is 5.15. The molecule has 1 aromatic carbocycles. The van der Waals surface area contributed by atoms with Crippen LogP contribution in [0.3, 0.4) is 0 Å². The van der Waals surface area contributed by atoms with Gasteiger partial charge in [0.25, 0.3) is 5.91 Å². The molecule has 0 unspecified atom stereocenters. The lowest BCUT2D eigenvalue weighted by molar-refractivity contribution is 0.0770. The Bertz CT molecular complexity index is 440. The van der Waals surface area contributed by atoms with E-state index in [2.05, 4.69) is 0 Å². The largest absolute Gasteiger partial charge is 0.504 e. The summed E-state index contributed by atoms with van der Waals surface area (Å²) in [4.78, 5) is 13.7. The second-order valence-electron chi connectivity index (χ2n) is 3.71. The van der Waals surface area contributed by atoms with Gasteiger partial charge in [-0.3, -0.25) is 4.79 Å². The summed E-state index contributed by atoms with van der Waals surface area (Å²) in [5, 5.41) is 18.5. The second-order valence-corrected chi connectivity index (χ2v) is 3.71. The van der Waals surface area contributed by atoms with E-state index in [1.807, 2.05) is 12.2 Å². The van der Waals surface area contributed by atoms with Gasteiger partial charge in [0.1, 0.15) is 0 Å². The van der Waals surface area contributed by atoms with Crippen molar-refractivity contribution in [2.45, 2.75) is 6.42 Å². The number of hydrogen-bond donors (Lipinski definition) is 2. The van der Waals surface area contributed by atoms with Gasteiger partial charge in [0.05, 0.1) is 0 Å². The average molecular weight is 219 g/mol. The minimum absolute atomic E-state index is 0.125. The van der Waals surface area contributed by atoms with Gasteiger partial charge in [-0.25, -0.2) is 0 Å². The van der Waals surface area contributed by atoms with E-state index in [1.165, 1.54) is 18.2 Å². The Hall–Kier alpha value is -1.97. The quantitative estimate of drug-likeness (QED) is 0.556. The maximum atomic E-state index is 12.0. The smallest absolute Gasteiger partial charge is 0.254 e. The Morgan fingerprint density at radius 2 is 2.00 bits per heavy atom. The number of hydrogen-bond acceptors (Lipinski definition) is 3. The van der Waals surface area contributed by atoms with Gasteiger partial charge in [-0.05, 0) is 24.6 Å². The van der Waals surface area contributed by atoms with E-state index in [1.54, 1.807) is 4.90 Å². The molecule has 0 bridgehead atoms. The van der Waals surface area contributed by atoms with Crippen LogP contribution in [0.2, 0.25) is 0 Å². The molecule has 1 aliphatic rings. The predicted octanol–water partition coefficient (Wildman–Crippen LogP) is 1.50. The van der Waals surface area contributed by atoms with Gasteiger partial charge in [0, 0.05) is 18.7 Å². The van der Waals surface area contributed by atoms with E-state index < -0.39 is 0 Å². The van der Waals surface area contributed by atoms with Crippen LogP contribution in [0.1, 0.15) is 16.8 Å². The third-order valence-electron chi connectivity index (χ3n) is 2.57. The van der Waals surface area contributed by atoms with Crippen LogP contribution in [0.4, 0.5) is 0 Å². The van der Waals surface area contributed by atoms with E-state index >= 15 is 0 Å². The van der Waals surface area contributed by atoms with Crippen molar-refractivity contribution in [3.63, 3.8) is 0 Å². The SMILES string of the molecule is O=C(c1ccc(O)c(O)c1)N1CC=CCC1. The summed E-state index contributed by atoms with van der Waals surface area (Å²) in [6.45, 7) is 1.29. The van der Waals surface area contributed by atoms with Crippen molar-refractivity contribution in [3.8, 4) is 11.5 Å². The topological polar surface area (TPSA) is 60.8 Å². The fraction of sp³-hybridized carbons (Fsp3) is 0.250. The predicted molar refractivity (Wildman–Crippen MR) is 59.4 cm³/mol. The second kappa shape index (κ2) is 4.26. The highest BCUT2D eigenvalue weighted by Crippen LogP contribution is 2.25. The van der Waals surface area contributed by atoms with Gasteiger partial charge in [-0.15, -0.1) is 0 Å². The summed E-state index contributed by atoms with van der Waals surface area (Å²) in [5.74, 6) is -0.604. The van der Waals surface area contributed by atoms with Crippen LogP contribution in [0.15, 0.2) is 30.4 Å². The zero-order valence-electron chi connectivity index (χ0n) is 8.76. The summed E-state index contributed by atoms with van der Waals surface area (Å²) in [6, 6.07) is 4.12. The van der Waals surface area contributed by atoms with Crippen molar-refractivity contribution < 1.29 is 15.0 Å². The molecule has 1 aromatic rings. The molecule has 2 rings (SSSR count). The molecule has 0 aliphatic carbocycles. The fourth-order valence-electron chi connectivity index (χ4n) is 1.66. The molecular weight excluding hydrogens is 206 g/mol. The maximum Gasteiger partial charge on any atom is 0.254 e. The number of carbonyl (C=O) groups excluding carboxylic acids is 1. The summed E-state index contributed by atoms with van der Waals surface area (Å²) >= 11 is 0. The van der Waals surface area contributed by atoms with Crippen LogP contribution in [-0.4, -0.2) is 34.1 Å². The fourth-order valence-corrected chi connectivity index (χ4v) is 1.66. The zero-order valence-corrected chi connectivity index (χ0v) is 8.76. The number of amides is 1. The first-order valence-electron chi connectivity index (χ1n) is 5.15. The molecule has 1 aliphatic heterocycles.